The molecule has 176 valence electrons. The van der Waals surface area contributed by atoms with Crippen LogP contribution in [0.1, 0.15) is 55.2 Å². The van der Waals surface area contributed by atoms with Gasteiger partial charge in [0.1, 0.15) is 0 Å². The lowest BCUT2D eigenvalue weighted by Gasteiger charge is -2.27. The van der Waals surface area contributed by atoms with Gasteiger partial charge in [-0.2, -0.15) is 0 Å². The van der Waals surface area contributed by atoms with E-state index in [1.807, 2.05) is 54.6 Å². The van der Waals surface area contributed by atoms with Crippen molar-refractivity contribution in [3.05, 3.63) is 65.2 Å². The second-order valence-corrected chi connectivity index (χ2v) is 9.71. The molecule has 2 aromatic carbocycles. The van der Waals surface area contributed by atoms with Crippen LogP contribution in [0.5, 0.6) is 0 Å². The van der Waals surface area contributed by atoms with Crippen molar-refractivity contribution < 1.29 is 19.0 Å². The van der Waals surface area contributed by atoms with Gasteiger partial charge in [-0.3, -0.25) is 9.59 Å². The third kappa shape index (κ3) is 8.27. The quantitative estimate of drug-likeness (QED) is 0.228. The van der Waals surface area contributed by atoms with Gasteiger partial charge in [-0.05, 0) is 35.6 Å². The molecule has 1 aliphatic rings. The van der Waals surface area contributed by atoms with E-state index in [2.05, 4.69) is 23.6 Å². The molecule has 0 radical (unpaired) electrons. The molecule has 2 amide bonds. The van der Waals surface area contributed by atoms with Crippen molar-refractivity contribution in [3.8, 4) is 0 Å². The Labute approximate surface area is 202 Å². The Bertz CT molecular complexity index is 967. The maximum Gasteiger partial charge on any atom is 0.232 e. The number of para-hydroxylation sites is 1. The van der Waals surface area contributed by atoms with Crippen LogP contribution < -0.4 is 10.2 Å². The molecule has 8 heteroatoms. The molecule has 0 spiro atoms. The van der Waals surface area contributed by atoms with Crippen molar-refractivity contribution in [2.75, 3.05) is 18.1 Å². The summed E-state index contributed by atoms with van der Waals surface area (Å²) >= 11 is 3.80. The van der Waals surface area contributed by atoms with Gasteiger partial charge in [-0.15, -0.1) is 0 Å². The number of hydrogen-bond donors (Lipinski definition) is 3. The maximum absolute atomic E-state index is 13.2. The molecule has 3 rings (SSSR count). The number of benzene rings is 2. The number of carbonyl (C=O) groups excluding carboxylic acids is 2. The fraction of sp³-hybridized carbons (Fsp3) is 0.360. The van der Waals surface area contributed by atoms with Crippen LogP contribution in [0, 0.1) is 0 Å². The van der Waals surface area contributed by atoms with Gasteiger partial charge in [0, 0.05) is 19.4 Å². The molecule has 1 aliphatic heterocycles. The van der Waals surface area contributed by atoms with E-state index < -0.39 is 7.58 Å². The molecule has 1 heterocycles. The average molecular weight is 487 g/mol. The van der Waals surface area contributed by atoms with Gasteiger partial charge < -0.3 is 19.6 Å². The van der Waals surface area contributed by atoms with Crippen LogP contribution >= 0.6 is 19.8 Å². The van der Waals surface area contributed by atoms with Gasteiger partial charge in [0.15, 0.2) is 0 Å². The number of anilines is 1. The zero-order valence-corrected chi connectivity index (χ0v) is 20.4. The number of fused-ring (bicyclic) bond motifs is 2. The number of unbranched alkanes of at least 4 members (excludes halogenated alkanes) is 3. The Morgan fingerprint density at radius 3 is 2.48 bits per heavy atom. The van der Waals surface area contributed by atoms with Crippen molar-refractivity contribution in [2.24, 2.45) is 0 Å². The van der Waals surface area contributed by atoms with Crippen LogP contribution in [0.3, 0.4) is 0 Å². The smallest absolute Gasteiger partial charge is 0.232 e. The van der Waals surface area contributed by atoms with Gasteiger partial charge in [0.2, 0.25) is 19.4 Å². The third-order valence-corrected chi connectivity index (χ3v) is 6.28. The Kier molecular flexibility index (Phi) is 10.4. The van der Waals surface area contributed by atoms with Gasteiger partial charge >= 0.3 is 0 Å². The lowest BCUT2D eigenvalue weighted by molar-refractivity contribution is -0.125. The van der Waals surface area contributed by atoms with E-state index in [-0.39, 0.29) is 24.7 Å². The largest absolute Gasteiger partial charge is 0.356 e. The van der Waals surface area contributed by atoms with Crippen molar-refractivity contribution in [1.29, 1.82) is 0 Å². The molecule has 33 heavy (non-hydrogen) atoms. The van der Waals surface area contributed by atoms with Crippen LogP contribution in [0.2, 0.25) is 0 Å². The number of nitrogens with zero attached hydrogens (tertiary/aromatic N) is 1. The van der Waals surface area contributed by atoms with Gasteiger partial charge in [-0.25, -0.2) is 0 Å². The van der Waals surface area contributed by atoms with Crippen LogP contribution in [-0.4, -0.2) is 29.9 Å². The zero-order valence-electron chi connectivity index (χ0n) is 18.7. The van der Waals surface area contributed by atoms with Crippen LogP contribution in [0.25, 0.3) is 12.2 Å². The highest BCUT2D eigenvalue weighted by atomic mass is 32.7. The predicted octanol–water partition coefficient (Wildman–Crippen LogP) is 5.33. The zero-order chi connectivity index (χ0) is 23.5. The maximum atomic E-state index is 13.2. The van der Waals surface area contributed by atoms with E-state index >= 15 is 0 Å². The molecule has 0 bridgehead atoms. The molecule has 2 N–H and O–H groups in total. The molecular weight excluding hydrogens is 455 g/mol. The van der Waals surface area contributed by atoms with E-state index in [1.165, 1.54) is 0 Å². The minimum absolute atomic E-state index is 0.0595. The topological polar surface area (TPSA) is 78.9 Å². The summed E-state index contributed by atoms with van der Waals surface area (Å²) in [7, 11) is -1.58. The first-order valence-corrected chi connectivity index (χ1v) is 13.6. The SMILES string of the molecule is O=C(CCC(=O)N1Cc2ccccc2/C=C\c2ccccc21)NCCCCCCOP(O)S. The summed E-state index contributed by atoms with van der Waals surface area (Å²) in [5.74, 6) is -0.163. The summed E-state index contributed by atoms with van der Waals surface area (Å²) < 4.78 is 5.02. The second kappa shape index (κ2) is 13.5. The molecule has 0 aromatic heterocycles. The minimum atomic E-state index is -1.58. The summed E-state index contributed by atoms with van der Waals surface area (Å²) in [6.07, 6.45) is 8.12. The molecule has 1 atom stereocenters. The van der Waals surface area contributed by atoms with Crippen molar-refractivity contribution >= 4 is 49.5 Å². The van der Waals surface area contributed by atoms with E-state index in [1.54, 1.807) is 4.90 Å². The summed E-state index contributed by atoms with van der Waals surface area (Å²) in [5.41, 5.74) is 4.03. The van der Waals surface area contributed by atoms with E-state index in [9.17, 15) is 9.59 Å². The third-order valence-electron chi connectivity index (χ3n) is 5.52. The summed E-state index contributed by atoms with van der Waals surface area (Å²) in [4.78, 5) is 36.2. The van der Waals surface area contributed by atoms with Gasteiger partial charge in [0.25, 0.3) is 0 Å². The van der Waals surface area contributed by atoms with Crippen molar-refractivity contribution in [3.63, 3.8) is 0 Å². The molecule has 1 unspecified atom stereocenters. The standard InChI is InChI=1S/C25H31N2O4PS/c28-24(26-17-7-1-2-8-18-31-32(30)33)15-16-25(29)27-19-22-11-4-3-9-20(22)13-14-21-10-5-6-12-23(21)27/h3-6,9-14,30,33H,1-2,7-8,15-19H2,(H,26,28)/b14-13-. The number of amides is 2. The highest BCUT2D eigenvalue weighted by Crippen LogP contribution is 2.36. The number of thiol groups is 1. The minimum Gasteiger partial charge on any atom is -0.356 e. The monoisotopic (exact) mass is 486 g/mol. The van der Waals surface area contributed by atoms with Crippen LogP contribution in [-0.2, 0) is 20.7 Å². The molecule has 2 aromatic rings. The Balaban J connectivity index is 1.48. The van der Waals surface area contributed by atoms with Crippen LogP contribution in [0.4, 0.5) is 5.69 Å². The highest BCUT2D eigenvalue weighted by molar-refractivity contribution is 8.41. The Morgan fingerprint density at radius 1 is 0.970 bits per heavy atom. The van der Waals surface area contributed by atoms with Crippen molar-refractivity contribution in [1.82, 2.24) is 5.32 Å². The van der Waals surface area contributed by atoms with Gasteiger partial charge in [0.05, 0.1) is 18.8 Å². The molecular formula is C25H31N2O4PS. The summed E-state index contributed by atoms with van der Waals surface area (Å²) in [5, 5.41) is 2.91. The fourth-order valence-electron chi connectivity index (χ4n) is 3.77. The second-order valence-electron chi connectivity index (χ2n) is 7.92. The number of carbonyl (C=O) groups is 2. The number of nitrogens with one attached hydrogen (secondary N) is 1. The Morgan fingerprint density at radius 2 is 1.67 bits per heavy atom. The van der Waals surface area contributed by atoms with E-state index in [0.29, 0.717) is 19.7 Å². The van der Waals surface area contributed by atoms with Gasteiger partial charge in [-0.1, -0.05) is 79.7 Å². The number of rotatable bonds is 11. The normalized spacial score (nSPS) is 14.4. The summed E-state index contributed by atoms with van der Waals surface area (Å²) in [6.45, 7) is 1.57. The lowest BCUT2D eigenvalue weighted by atomic mass is 10.0. The molecule has 0 saturated carbocycles. The van der Waals surface area contributed by atoms with Crippen LogP contribution in [0.15, 0.2) is 48.5 Å². The first kappa shape index (κ1) is 25.4. The average Bonchev–Trinajstić information content (AvgIpc) is 2.80. The molecule has 0 saturated heterocycles. The van der Waals surface area contributed by atoms with E-state index in [4.69, 9.17) is 9.42 Å². The predicted molar refractivity (Wildman–Crippen MR) is 138 cm³/mol. The molecule has 0 aliphatic carbocycles. The molecule has 6 nitrogen and oxygen atoms in total. The van der Waals surface area contributed by atoms with Crippen molar-refractivity contribution in [2.45, 2.75) is 45.1 Å². The van der Waals surface area contributed by atoms with E-state index in [0.717, 1.165) is 48.1 Å². The summed E-state index contributed by atoms with van der Waals surface area (Å²) in [6, 6.07) is 15.9. The highest BCUT2D eigenvalue weighted by Gasteiger charge is 2.21. The number of hydrogen-bond acceptors (Lipinski definition) is 5. The first-order valence-electron chi connectivity index (χ1n) is 11.3. The fourth-order valence-corrected chi connectivity index (χ4v) is 4.31. The Hall–Kier alpha value is -2.18. The molecule has 0 fully saturated rings. The first-order chi connectivity index (χ1) is 16.0. The lowest BCUT2D eigenvalue weighted by Crippen LogP contribution is -2.33.